The van der Waals surface area contributed by atoms with E-state index in [1.54, 1.807) is 4.90 Å². The monoisotopic (exact) mass is 490 g/mol. The first-order valence-electron chi connectivity index (χ1n) is 12.6. The van der Waals surface area contributed by atoms with Crippen molar-refractivity contribution in [1.82, 2.24) is 20.4 Å². The van der Waals surface area contributed by atoms with Gasteiger partial charge in [0.15, 0.2) is 0 Å². The molecule has 8 nitrogen and oxygen atoms in total. The zero-order valence-electron chi connectivity index (χ0n) is 21.4. The third-order valence-electron chi connectivity index (χ3n) is 6.27. The Kier molecular flexibility index (Phi) is 8.38. The zero-order valence-corrected chi connectivity index (χ0v) is 21.4. The van der Waals surface area contributed by atoms with Crippen LogP contribution in [0.1, 0.15) is 57.2 Å². The number of aromatic nitrogens is 2. The molecular formula is C28H34N4O4. The molecule has 190 valence electrons. The first kappa shape index (κ1) is 25.4. The number of aryl methyl sites for hydroxylation is 1. The van der Waals surface area contributed by atoms with Crippen molar-refractivity contribution in [2.45, 2.75) is 46.6 Å². The molecule has 0 spiro atoms. The lowest BCUT2D eigenvalue weighted by Gasteiger charge is -2.35. The van der Waals surface area contributed by atoms with E-state index >= 15 is 0 Å². The molecule has 0 bridgehead atoms. The maximum absolute atomic E-state index is 13.1. The van der Waals surface area contributed by atoms with Crippen LogP contribution in [0.4, 0.5) is 4.79 Å². The minimum absolute atomic E-state index is 0.165. The lowest BCUT2D eigenvalue weighted by molar-refractivity contribution is 0.136. The first-order chi connectivity index (χ1) is 17.5. The largest absolute Gasteiger partial charge is 0.494 e. The third kappa shape index (κ3) is 5.60. The maximum Gasteiger partial charge on any atom is 0.322 e. The van der Waals surface area contributed by atoms with Gasteiger partial charge in [0.25, 0.3) is 5.89 Å². The maximum atomic E-state index is 13.1. The number of carbonyl (C=O) groups excluding carboxylic acids is 1. The van der Waals surface area contributed by atoms with Crippen LogP contribution in [0.15, 0.2) is 58.8 Å². The summed E-state index contributed by atoms with van der Waals surface area (Å²) in [6.07, 6.45) is 1.69. The average Bonchev–Trinajstić information content (AvgIpc) is 3.38. The highest BCUT2D eigenvalue weighted by atomic mass is 16.5. The number of hydrogen-bond acceptors (Lipinski definition) is 6. The Labute approximate surface area is 212 Å². The van der Waals surface area contributed by atoms with Crippen LogP contribution in [0.5, 0.6) is 5.75 Å². The second-order valence-corrected chi connectivity index (χ2v) is 8.56. The molecule has 1 aromatic heterocycles. The fourth-order valence-electron chi connectivity index (χ4n) is 4.31. The van der Waals surface area contributed by atoms with Gasteiger partial charge < -0.3 is 19.3 Å². The highest BCUT2D eigenvalue weighted by Crippen LogP contribution is 2.37. The molecule has 2 amide bonds. The van der Waals surface area contributed by atoms with Gasteiger partial charge in [-0.05, 0) is 56.9 Å². The summed E-state index contributed by atoms with van der Waals surface area (Å²) in [5, 5.41) is 7.40. The molecule has 8 heteroatoms. The van der Waals surface area contributed by atoms with Crippen LogP contribution in [-0.2, 0) is 11.2 Å². The molecule has 1 atom stereocenters. The highest BCUT2D eigenvalue weighted by molar-refractivity contribution is 5.86. The Morgan fingerprint density at radius 2 is 1.78 bits per heavy atom. The molecule has 1 aliphatic rings. The fraction of sp³-hybridized carbons (Fsp3) is 0.393. The van der Waals surface area contributed by atoms with Crippen LogP contribution < -0.4 is 10.1 Å². The summed E-state index contributed by atoms with van der Waals surface area (Å²) in [7, 11) is 0. The lowest BCUT2D eigenvalue weighted by Crippen LogP contribution is -2.46. The fourth-order valence-corrected chi connectivity index (χ4v) is 4.31. The normalized spacial score (nSPS) is 15.8. The molecule has 1 N–H and O–H groups in total. The van der Waals surface area contributed by atoms with E-state index < -0.39 is 6.04 Å². The number of ether oxygens (including phenoxy) is 2. The van der Waals surface area contributed by atoms with Gasteiger partial charge in [-0.15, -0.1) is 0 Å². The van der Waals surface area contributed by atoms with E-state index in [2.05, 4.69) is 29.5 Å². The summed E-state index contributed by atoms with van der Waals surface area (Å²) in [5.41, 5.74) is 4.59. The van der Waals surface area contributed by atoms with Gasteiger partial charge in [-0.2, -0.15) is 4.98 Å². The minimum atomic E-state index is -0.438. The Morgan fingerprint density at radius 1 is 1.03 bits per heavy atom. The van der Waals surface area contributed by atoms with Crippen LogP contribution in [0.3, 0.4) is 0 Å². The van der Waals surface area contributed by atoms with E-state index in [-0.39, 0.29) is 6.03 Å². The lowest BCUT2D eigenvalue weighted by atomic mass is 9.94. The van der Waals surface area contributed by atoms with Crippen molar-refractivity contribution in [2.75, 3.05) is 26.4 Å². The molecular weight excluding hydrogens is 456 g/mol. The number of amides is 2. The van der Waals surface area contributed by atoms with Crippen molar-refractivity contribution in [3.8, 4) is 17.1 Å². The molecule has 0 saturated carbocycles. The van der Waals surface area contributed by atoms with Gasteiger partial charge in [-0.25, -0.2) is 4.79 Å². The van der Waals surface area contributed by atoms with E-state index in [4.69, 9.17) is 19.0 Å². The Hall–Kier alpha value is -3.65. The van der Waals surface area contributed by atoms with Gasteiger partial charge in [0, 0.05) is 31.0 Å². The van der Waals surface area contributed by atoms with Gasteiger partial charge in [0.2, 0.25) is 5.82 Å². The van der Waals surface area contributed by atoms with Crippen LogP contribution in [0.25, 0.3) is 17.0 Å². The van der Waals surface area contributed by atoms with Crippen molar-refractivity contribution in [3.63, 3.8) is 0 Å². The standard InChI is InChI=1S/C28H34N4O4/c1-5-20-9-11-22(12-10-20)26-30-27(36-31-26)24-19(4)32(17-8-18-34-6-2)28(33)29-25(24)21-13-15-23(16-14-21)35-7-3/h9-16,25H,5-8,17-18H2,1-4H3,(H,29,33). The number of benzene rings is 2. The quantitative estimate of drug-likeness (QED) is 0.351. The summed E-state index contributed by atoms with van der Waals surface area (Å²) < 4.78 is 16.8. The number of nitrogens with zero attached hydrogens (tertiary/aromatic N) is 3. The van der Waals surface area contributed by atoms with Crippen molar-refractivity contribution < 1.29 is 18.8 Å². The SMILES string of the molecule is CCOCCCN1C(=O)NC(c2ccc(OCC)cc2)C(c2nc(-c3ccc(CC)cc3)no2)=C1C. The van der Waals surface area contributed by atoms with Crippen LogP contribution in [0, 0.1) is 0 Å². The molecule has 0 saturated heterocycles. The predicted octanol–water partition coefficient (Wildman–Crippen LogP) is 5.62. The number of carbonyl (C=O) groups is 1. The van der Waals surface area contributed by atoms with E-state index in [0.29, 0.717) is 38.1 Å². The highest BCUT2D eigenvalue weighted by Gasteiger charge is 2.35. The number of nitrogens with one attached hydrogen (secondary N) is 1. The number of urea groups is 1. The Balaban J connectivity index is 1.70. The molecule has 1 aliphatic heterocycles. The summed E-state index contributed by atoms with van der Waals surface area (Å²) in [4.78, 5) is 19.6. The van der Waals surface area contributed by atoms with Crippen LogP contribution in [0.2, 0.25) is 0 Å². The number of hydrogen-bond donors (Lipinski definition) is 1. The molecule has 0 fully saturated rings. The molecule has 0 aliphatic carbocycles. The number of allylic oxidation sites excluding steroid dienone is 1. The molecule has 2 heterocycles. The van der Waals surface area contributed by atoms with Crippen molar-refractivity contribution in [1.29, 1.82) is 0 Å². The smallest absolute Gasteiger partial charge is 0.322 e. The van der Waals surface area contributed by atoms with Gasteiger partial charge >= 0.3 is 6.03 Å². The van der Waals surface area contributed by atoms with Crippen molar-refractivity contribution >= 4 is 11.6 Å². The minimum Gasteiger partial charge on any atom is -0.494 e. The molecule has 0 radical (unpaired) electrons. The van der Waals surface area contributed by atoms with Gasteiger partial charge in [0.1, 0.15) is 5.75 Å². The van der Waals surface area contributed by atoms with E-state index in [0.717, 1.165) is 41.0 Å². The topological polar surface area (TPSA) is 89.7 Å². The summed E-state index contributed by atoms with van der Waals surface area (Å²) in [6.45, 7) is 10.3. The van der Waals surface area contributed by atoms with Gasteiger partial charge in [0.05, 0.1) is 18.2 Å². The molecule has 36 heavy (non-hydrogen) atoms. The Bertz CT molecular complexity index is 1190. The Morgan fingerprint density at radius 3 is 2.44 bits per heavy atom. The van der Waals surface area contributed by atoms with E-state index in [1.807, 2.05) is 57.2 Å². The predicted molar refractivity (Wildman–Crippen MR) is 138 cm³/mol. The first-order valence-corrected chi connectivity index (χ1v) is 12.6. The summed E-state index contributed by atoms with van der Waals surface area (Å²) in [6, 6.07) is 15.3. The molecule has 2 aromatic carbocycles. The summed E-state index contributed by atoms with van der Waals surface area (Å²) in [5.74, 6) is 1.67. The molecule has 1 unspecified atom stereocenters. The van der Waals surface area contributed by atoms with E-state index in [1.165, 1.54) is 5.56 Å². The molecule has 3 aromatic rings. The van der Waals surface area contributed by atoms with Gasteiger partial charge in [-0.3, -0.25) is 4.90 Å². The van der Waals surface area contributed by atoms with Crippen LogP contribution in [-0.4, -0.2) is 47.4 Å². The summed E-state index contributed by atoms with van der Waals surface area (Å²) >= 11 is 0. The second kappa shape index (κ2) is 11.9. The zero-order chi connectivity index (χ0) is 25.5. The van der Waals surface area contributed by atoms with Gasteiger partial charge in [-0.1, -0.05) is 48.5 Å². The van der Waals surface area contributed by atoms with Crippen molar-refractivity contribution in [2.24, 2.45) is 0 Å². The average molecular weight is 491 g/mol. The van der Waals surface area contributed by atoms with Crippen molar-refractivity contribution in [3.05, 3.63) is 71.2 Å². The van der Waals surface area contributed by atoms with Crippen LogP contribution >= 0.6 is 0 Å². The second-order valence-electron chi connectivity index (χ2n) is 8.56. The molecule has 4 rings (SSSR count). The van der Waals surface area contributed by atoms with E-state index in [9.17, 15) is 4.79 Å². The third-order valence-corrected chi connectivity index (χ3v) is 6.27. The number of rotatable bonds is 11.